The van der Waals surface area contributed by atoms with Crippen LogP contribution in [0.4, 0.5) is 0 Å². The zero-order valence-corrected chi connectivity index (χ0v) is 13.3. The molecule has 2 atom stereocenters. The first kappa shape index (κ1) is 14.3. The molecule has 21 heavy (non-hydrogen) atoms. The van der Waals surface area contributed by atoms with Crippen LogP contribution in [-0.2, 0) is 6.42 Å². The van der Waals surface area contributed by atoms with Gasteiger partial charge in [0, 0.05) is 12.1 Å². The van der Waals surface area contributed by atoms with Gasteiger partial charge in [-0.15, -0.1) is 0 Å². The minimum Gasteiger partial charge on any atom is -0.303 e. The van der Waals surface area contributed by atoms with Crippen molar-refractivity contribution < 1.29 is 0 Å². The van der Waals surface area contributed by atoms with Crippen molar-refractivity contribution in [1.29, 1.82) is 0 Å². The van der Waals surface area contributed by atoms with E-state index in [0.717, 1.165) is 0 Å². The molecule has 0 aromatic heterocycles. The molecule has 1 aliphatic carbocycles. The standard InChI is InChI=1S/C20H25N/c1-15(16-9-5-4-6-10-16)21-19-18-12-8-7-11-17(18)13-14-20(19,2)3/h4-12,15,19,21H,13-14H2,1-3H3. The van der Waals surface area contributed by atoms with Crippen molar-refractivity contribution in [2.75, 3.05) is 0 Å². The Labute approximate surface area is 128 Å². The lowest BCUT2D eigenvalue weighted by atomic mass is 9.70. The molecule has 0 aliphatic heterocycles. The van der Waals surface area contributed by atoms with Gasteiger partial charge in [-0.3, -0.25) is 0 Å². The fraction of sp³-hybridized carbons (Fsp3) is 0.400. The zero-order chi connectivity index (χ0) is 14.9. The van der Waals surface area contributed by atoms with Gasteiger partial charge in [-0.25, -0.2) is 0 Å². The first-order valence-corrected chi connectivity index (χ1v) is 7.97. The minimum atomic E-state index is 0.289. The molecule has 0 saturated heterocycles. The molecule has 0 fully saturated rings. The number of nitrogens with one attached hydrogen (secondary N) is 1. The van der Waals surface area contributed by atoms with Crippen LogP contribution in [0.2, 0.25) is 0 Å². The quantitative estimate of drug-likeness (QED) is 0.829. The number of fused-ring (bicyclic) bond motifs is 1. The van der Waals surface area contributed by atoms with Gasteiger partial charge >= 0.3 is 0 Å². The van der Waals surface area contributed by atoms with E-state index in [4.69, 9.17) is 0 Å². The summed E-state index contributed by atoms with van der Waals surface area (Å²) in [6, 6.07) is 20.4. The van der Waals surface area contributed by atoms with E-state index in [1.807, 2.05) is 0 Å². The van der Waals surface area contributed by atoms with Crippen LogP contribution >= 0.6 is 0 Å². The molecule has 0 spiro atoms. The van der Waals surface area contributed by atoms with Crippen molar-refractivity contribution in [3.8, 4) is 0 Å². The van der Waals surface area contributed by atoms with E-state index in [-0.39, 0.29) is 5.41 Å². The van der Waals surface area contributed by atoms with Gasteiger partial charge in [0.2, 0.25) is 0 Å². The topological polar surface area (TPSA) is 12.0 Å². The summed E-state index contributed by atoms with van der Waals surface area (Å²) >= 11 is 0. The molecule has 0 bridgehead atoms. The average Bonchev–Trinajstić information content (AvgIpc) is 2.51. The molecule has 1 aliphatic rings. The smallest absolute Gasteiger partial charge is 0.0379 e. The van der Waals surface area contributed by atoms with Gasteiger partial charge in [-0.1, -0.05) is 68.4 Å². The third-order valence-corrected chi connectivity index (χ3v) is 4.90. The Morgan fingerprint density at radius 2 is 1.67 bits per heavy atom. The lowest BCUT2D eigenvalue weighted by molar-refractivity contribution is 0.196. The number of hydrogen-bond acceptors (Lipinski definition) is 1. The Hall–Kier alpha value is -1.60. The van der Waals surface area contributed by atoms with Crippen molar-refractivity contribution in [1.82, 2.24) is 5.32 Å². The Kier molecular flexibility index (Phi) is 3.86. The summed E-state index contributed by atoms with van der Waals surface area (Å²) in [5.41, 5.74) is 4.64. The van der Waals surface area contributed by atoms with Crippen LogP contribution in [0.15, 0.2) is 54.6 Å². The third kappa shape index (κ3) is 2.89. The van der Waals surface area contributed by atoms with E-state index < -0.39 is 0 Å². The highest BCUT2D eigenvalue weighted by molar-refractivity contribution is 5.34. The molecule has 110 valence electrons. The highest BCUT2D eigenvalue weighted by Crippen LogP contribution is 2.44. The van der Waals surface area contributed by atoms with E-state index in [1.165, 1.54) is 29.5 Å². The van der Waals surface area contributed by atoms with E-state index in [1.54, 1.807) is 0 Å². The Morgan fingerprint density at radius 1 is 1.00 bits per heavy atom. The SMILES string of the molecule is CC(NC1c2ccccc2CCC1(C)C)c1ccccc1. The maximum atomic E-state index is 3.88. The van der Waals surface area contributed by atoms with Gasteiger partial charge in [0.05, 0.1) is 0 Å². The largest absolute Gasteiger partial charge is 0.303 e. The molecule has 1 nitrogen and oxygen atoms in total. The van der Waals surface area contributed by atoms with Gasteiger partial charge in [0.25, 0.3) is 0 Å². The molecule has 2 unspecified atom stereocenters. The van der Waals surface area contributed by atoms with E-state index in [2.05, 4.69) is 80.7 Å². The van der Waals surface area contributed by atoms with Crippen molar-refractivity contribution in [2.45, 2.75) is 45.7 Å². The van der Waals surface area contributed by atoms with E-state index in [0.29, 0.717) is 12.1 Å². The van der Waals surface area contributed by atoms with Crippen LogP contribution in [0.5, 0.6) is 0 Å². The first-order valence-electron chi connectivity index (χ1n) is 7.97. The summed E-state index contributed by atoms with van der Waals surface area (Å²) in [5.74, 6) is 0. The third-order valence-electron chi connectivity index (χ3n) is 4.90. The fourth-order valence-electron chi connectivity index (χ4n) is 3.47. The molecule has 2 aromatic carbocycles. The minimum absolute atomic E-state index is 0.289. The molecule has 3 rings (SSSR count). The second-order valence-electron chi connectivity index (χ2n) is 6.92. The number of hydrogen-bond donors (Lipinski definition) is 1. The molecule has 1 heteroatoms. The molecule has 2 aromatic rings. The Morgan fingerprint density at radius 3 is 2.43 bits per heavy atom. The second kappa shape index (κ2) is 5.65. The summed E-state index contributed by atoms with van der Waals surface area (Å²) in [6.45, 7) is 7.04. The van der Waals surface area contributed by atoms with Gasteiger partial charge in [-0.05, 0) is 41.9 Å². The average molecular weight is 279 g/mol. The number of aryl methyl sites for hydroxylation is 1. The van der Waals surface area contributed by atoms with Crippen molar-refractivity contribution in [3.05, 3.63) is 71.3 Å². The van der Waals surface area contributed by atoms with Crippen LogP contribution < -0.4 is 5.32 Å². The van der Waals surface area contributed by atoms with Gasteiger partial charge in [0.1, 0.15) is 0 Å². The second-order valence-corrected chi connectivity index (χ2v) is 6.92. The van der Waals surface area contributed by atoms with Crippen LogP contribution in [0.25, 0.3) is 0 Å². The monoisotopic (exact) mass is 279 g/mol. The number of rotatable bonds is 3. The Bertz CT molecular complexity index is 600. The van der Waals surface area contributed by atoms with Crippen LogP contribution in [-0.4, -0.2) is 0 Å². The van der Waals surface area contributed by atoms with Crippen LogP contribution in [0.1, 0.15) is 56.0 Å². The molecular formula is C20H25N. The first-order chi connectivity index (χ1) is 10.1. The zero-order valence-electron chi connectivity index (χ0n) is 13.3. The van der Waals surface area contributed by atoms with Crippen molar-refractivity contribution in [2.24, 2.45) is 5.41 Å². The summed E-state index contributed by atoms with van der Waals surface area (Å²) in [5, 5.41) is 3.88. The Balaban J connectivity index is 1.89. The molecule has 0 heterocycles. The molecule has 0 radical (unpaired) electrons. The predicted octanol–water partition coefficient (Wildman–Crippen LogP) is 5.05. The van der Waals surface area contributed by atoms with Gasteiger partial charge < -0.3 is 5.32 Å². The highest BCUT2D eigenvalue weighted by atomic mass is 15.0. The summed E-state index contributed by atoms with van der Waals surface area (Å²) in [7, 11) is 0. The predicted molar refractivity (Wildman–Crippen MR) is 89.3 cm³/mol. The van der Waals surface area contributed by atoms with Gasteiger partial charge in [-0.2, -0.15) is 0 Å². The van der Waals surface area contributed by atoms with E-state index in [9.17, 15) is 0 Å². The van der Waals surface area contributed by atoms with Crippen molar-refractivity contribution >= 4 is 0 Å². The van der Waals surface area contributed by atoms with Crippen LogP contribution in [0.3, 0.4) is 0 Å². The van der Waals surface area contributed by atoms with E-state index >= 15 is 0 Å². The van der Waals surface area contributed by atoms with Crippen LogP contribution in [0, 0.1) is 5.41 Å². The molecule has 1 N–H and O–H groups in total. The molecule has 0 saturated carbocycles. The highest BCUT2D eigenvalue weighted by Gasteiger charge is 2.36. The molecular weight excluding hydrogens is 254 g/mol. The van der Waals surface area contributed by atoms with Gasteiger partial charge in [0.15, 0.2) is 0 Å². The van der Waals surface area contributed by atoms with Crippen molar-refractivity contribution in [3.63, 3.8) is 0 Å². The fourth-order valence-corrected chi connectivity index (χ4v) is 3.47. The maximum Gasteiger partial charge on any atom is 0.0379 e. The maximum absolute atomic E-state index is 3.88. The number of benzene rings is 2. The lowest BCUT2D eigenvalue weighted by Crippen LogP contribution is -2.39. The summed E-state index contributed by atoms with van der Waals surface area (Å²) in [6.07, 6.45) is 2.43. The molecule has 0 amide bonds. The summed E-state index contributed by atoms with van der Waals surface area (Å²) in [4.78, 5) is 0. The summed E-state index contributed by atoms with van der Waals surface area (Å²) < 4.78 is 0. The normalized spacial score (nSPS) is 21.6. The lowest BCUT2D eigenvalue weighted by Gasteiger charge is -2.42.